The van der Waals surface area contributed by atoms with Crippen LogP contribution in [0.2, 0.25) is 0 Å². The van der Waals surface area contributed by atoms with Gasteiger partial charge >= 0.3 is 0 Å². The molecule has 1 aromatic carbocycles. The zero-order valence-electron chi connectivity index (χ0n) is 14.4. The third-order valence-electron chi connectivity index (χ3n) is 4.63. The Kier molecular flexibility index (Phi) is 6.25. The van der Waals surface area contributed by atoms with Crippen LogP contribution >= 0.6 is 0 Å². The standard InChI is InChI=1S/C18H26N4O3/c23-17(6-7-20-18(24)16-14-25-13-8-19-16)22-11-9-21(10-12-22)15-4-2-1-3-5-15/h1-5,16,19H,6-14H2,(H,20,24). The second kappa shape index (κ2) is 8.82. The summed E-state index contributed by atoms with van der Waals surface area (Å²) >= 11 is 0. The van der Waals surface area contributed by atoms with E-state index in [2.05, 4.69) is 27.7 Å². The first-order valence-corrected chi connectivity index (χ1v) is 8.90. The Bertz CT molecular complexity index is 567. The molecule has 0 aliphatic carbocycles. The van der Waals surface area contributed by atoms with Gasteiger partial charge in [-0.1, -0.05) is 18.2 Å². The smallest absolute Gasteiger partial charge is 0.239 e. The van der Waals surface area contributed by atoms with Gasteiger partial charge in [-0.25, -0.2) is 0 Å². The lowest BCUT2D eigenvalue weighted by Gasteiger charge is -2.36. The molecule has 25 heavy (non-hydrogen) atoms. The minimum Gasteiger partial charge on any atom is -0.378 e. The van der Waals surface area contributed by atoms with E-state index in [9.17, 15) is 9.59 Å². The molecule has 2 saturated heterocycles. The van der Waals surface area contributed by atoms with Crippen molar-refractivity contribution in [1.29, 1.82) is 0 Å². The van der Waals surface area contributed by atoms with Crippen LogP contribution in [0.25, 0.3) is 0 Å². The van der Waals surface area contributed by atoms with Gasteiger partial charge in [-0.15, -0.1) is 0 Å². The highest BCUT2D eigenvalue weighted by molar-refractivity contribution is 5.83. The number of para-hydroxylation sites is 1. The topological polar surface area (TPSA) is 73.9 Å². The van der Waals surface area contributed by atoms with Crippen LogP contribution in [0.3, 0.4) is 0 Å². The summed E-state index contributed by atoms with van der Waals surface area (Å²) < 4.78 is 5.27. The summed E-state index contributed by atoms with van der Waals surface area (Å²) in [6, 6.07) is 9.94. The molecule has 0 aromatic heterocycles. The molecule has 2 fully saturated rings. The normalized spacial score (nSPS) is 21.0. The fourth-order valence-electron chi connectivity index (χ4n) is 3.16. The third-order valence-corrected chi connectivity index (χ3v) is 4.63. The molecular formula is C18H26N4O3. The van der Waals surface area contributed by atoms with Crippen molar-refractivity contribution in [1.82, 2.24) is 15.5 Å². The first-order valence-electron chi connectivity index (χ1n) is 8.90. The molecule has 2 N–H and O–H groups in total. The number of benzene rings is 1. The summed E-state index contributed by atoms with van der Waals surface area (Å²) in [5.41, 5.74) is 1.20. The number of ether oxygens (including phenoxy) is 1. The summed E-state index contributed by atoms with van der Waals surface area (Å²) in [7, 11) is 0. The Morgan fingerprint density at radius 3 is 2.60 bits per heavy atom. The molecule has 0 radical (unpaired) electrons. The van der Waals surface area contributed by atoms with Crippen molar-refractivity contribution in [3.05, 3.63) is 30.3 Å². The minimum atomic E-state index is -0.307. The number of rotatable bonds is 5. The van der Waals surface area contributed by atoms with Crippen LogP contribution in [-0.2, 0) is 14.3 Å². The van der Waals surface area contributed by atoms with Crippen LogP contribution in [0.4, 0.5) is 5.69 Å². The number of nitrogens with zero attached hydrogens (tertiary/aromatic N) is 2. The molecule has 7 heteroatoms. The summed E-state index contributed by atoms with van der Waals surface area (Å²) in [5, 5.41) is 5.92. The van der Waals surface area contributed by atoms with Gasteiger partial charge in [0.1, 0.15) is 6.04 Å². The molecule has 2 aliphatic rings. The Balaban J connectivity index is 1.36. The van der Waals surface area contributed by atoms with Gasteiger partial charge in [-0.2, -0.15) is 0 Å². The quantitative estimate of drug-likeness (QED) is 0.774. The molecule has 2 amide bonds. The number of anilines is 1. The van der Waals surface area contributed by atoms with E-state index >= 15 is 0 Å². The van der Waals surface area contributed by atoms with Gasteiger partial charge in [0.05, 0.1) is 13.2 Å². The zero-order chi connectivity index (χ0) is 17.5. The third kappa shape index (κ3) is 4.93. The van der Waals surface area contributed by atoms with Crippen LogP contribution < -0.4 is 15.5 Å². The number of nitrogens with one attached hydrogen (secondary N) is 2. The maximum Gasteiger partial charge on any atom is 0.239 e. The molecule has 0 spiro atoms. The van der Waals surface area contributed by atoms with Crippen LogP contribution in [0.5, 0.6) is 0 Å². The number of piperazine rings is 1. The Labute approximate surface area is 148 Å². The molecule has 3 rings (SSSR count). The zero-order valence-corrected chi connectivity index (χ0v) is 14.4. The van der Waals surface area contributed by atoms with Crippen LogP contribution in [0.1, 0.15) is 6.42 Å². The van der Waals surface area contributed by atoms with E-state index in [0.29, 0.717) is 32.7 Å². The lowest BCUT2D eigenvalue weighted by Crippen LogP contribution is -2.52. The summed E-state index contributed by atoms with van der Waals surface area (Å²) in [6.45, 7) is 5.20. The largest absolute Gasteiger partial charge is 0.378 e. The summed E-state index contributed by atoms with van der Waals surface area (Å²) in [5.74, 6) is 0.00209. The van der Waals surface area contributed by atoms with Crippen LogP contribution in [0, 0.1) is 0 Å². The number of hydrogen-bond acceptors (Lipinski definition) is 5. The van der Waals surface area contributed by atoms with Crippen molar-refractivity contribution in [2.24, 2.45) is 0 Å². The number of carbonyl (C=O) groups excluding carboxylic acids is 2. The second-order valence-electron chi connectivity index (χ2n) is 6.33. The van der Waals surface area contributed by atoms with E-state index in [0.717, 1.165) is 26.2 Å². The predicted molar refractivity (Wildman–Crippen MR) is 95.5 cm³/mol. The van der Waals surface area contributed by atoms with E-state index in [-0.39, 0.29) is 17.9 Å². The maximum atomic E-state index is 12.3. The first-order chi connectivity index (χ1) is 12.2. The lowest BCUT2D eigenvalue weighted by atomic mass is 10.2. The first kappa shape index (κ1) is 17.7. The van der Waals surface area contributed by atoms with Crippen molar-refractivity contribution < 1.29 is 14.3 Å². The van der Waals surface area contributed by atoms with Gasteiger partial charge in [0, 0.05) is 51.4 Å². The summed E-state index contributed by atoms with van der Waals surface area (Å²) in [6.07, 6.45) is 0.338. The van der Waals surface area contributed by atoms with E-state index in [4.69, 9.17) is 4.74 Å². The molecule has 7 nitrogen and oxygen atoms in total. The number of amides is 2. The monoisotopic (exact) mass is 346 g/mol. The van der Waals surface area contributed by atoms with E-state index in [1.807, 2.05) is 23.1 Å². The number of hydrogen-bond donors (Lipinski definition) is 2. The molecule has 0 saturated carbocycles. The number of carbonyl (C=O) groups is 2. The van der Waals surface area contributed by atoms with Gasteiger partial charge in [-0.05, 0) is 12.1 Å². The maximum absolute atomic E-state index is 12.3. The average molecular weight is 346 g/mol. The average Bonchev–Trinajstić information content (AvgIpc) is 2.69. The molecule has 1 unspecified atom stereocenters. The van der Waals surface area contributed by atoms with Crippen molar-refractivity contribution in [2.45, 2.75) is 12.5 Å². The highest BCUT2D eigenvalue weighted by atomic mass is 16.5. The molecular weight excluding hydrogens is 320 g/mol. The van der Waals surface area contributed by atoms with Gasteiger partial charge < -0.3 is 25.2 Å². The molecule has 1 atom stereocenters. The lowest BCUT2D eigenvalue weighted by molar-refractivity contribution is -0.131. The van der Waals surface area contributed by atoms with Gasteiger partial charge in [0.25, 0.3) is 0 Å². The molecule has 2 heterocycles. The second-order valence-corrected chi connectivity index (χ2v) is 6.33. The minimum absolute atomic E-state index is 0.0959. The number of morpholine rings is 1. The predicted octanol–water partition coefficient (Wildman–Crippen LogP) is -0.170. The van der Waals surface area contributed by atoms with Crippen LogP contribution in [-0.4, -0.2) is 75.2 Å². The molecule has 136 valence electrons. The highest BCUT2D eigenvalue weighted by Crippen LogP contribution is 2.15. The van der Waals surface area contributed by atoms with Crippen LogP contribution in [0.15, 0.2) is 30.3 Å². The van der Waals surface area contributed by atoms with E-state index in [1.54, 1.807) is 0 Å². The van der Waals surface area contributed by atoms with Crippen molar-refractivity contribution >= 4 is 17.5 Å². The Morgan fingerprint density at radius 2 is 1.92 bits per heavy atom. The molecule has 2 aliphatic heterocycles. The van der Waals surface area contributed by atoms with E-state index in [1.165, 1.54) is 5.69 Å². The van der Waals surface area contributed by atoms with Gasteiger partial charge in [0.15, 0.2) is 0 Å². The van der Waals surface area contributed by atoms with Crippen molar-refractivity contribution in [2.75, 3.05) is 57.4 Å². The SMILES string of the molecule is O=C(NCCC(=O)N1CCN(c2ccccc2)CC1)C1COCCN1. The Hall–Kier alpha value is -2.12. The molecule has 0 bridgehead atoms. The van der Waals surface area contributed by atoms with E-state index < -0.39 is 0 Å². The summed E-state index contributed by atoms with van der Waals surface area (Å²) in [4.78, 5) is 28.5. The van der Waals surface area contributed by atoms with Gasteiger partial charge in [0.2, 0.25) is 11.8 Å². The van der Waals surface area contributed by atoms with Crippen molar-refractivity contribution in [3.63, 3.8) is 0 Å². The molecule has 1 aromatic rings. The highest BCUT2D eigenvalue weighted by Gasteiger charge is 2.23. The fourth-order valence-corrected chi connectivity index (χ4v) is 3.16. The van der Waals surface area contributed by atoms with Gasteiger partial charge in [-0.3, -0.25) is 9.59 Å². The fraction of sp³-hybridized carbons (Fsp3) is 0.556. The van der Waals surface area contributed by atoms with Crippen molar-refractivity contribution in [3.8, 4) is 0 Å². The Morgan fingerprint density at radius 1 is 1.16 bits per heavy atom.